The van der Waals surface area contributed by atoms with Gasteiger partial charge in [0.25, 0.3) is 0 Å². The monoisotopic (exact) mass is 268 g/mol. The zero-order chi connectivity index (χ0) is 13.9. The zero-order valence-electron chi connectivity index (χ0n) is 11.1. The molecule has 0 atom stereocenters. The third-order valence-electron chi connectivity index (χ3n) is 3.74. The quantitative estimate of drug-likeness (QED) is 0.908. The molecule has 0 fully saturated rings. The van der Waals surface area contributed by atoms with Crippen LogP contribution in [0.5, 0.6) is 0 Å². The molecular weight excluding hydrogens is 252 g/mol. The van der Waals surface area contributed by atoms with Crippen LogP contribution in [0.3, 0.4) is 0 Å². The van der Waals surface area contributed by atoms with Gasteiger partial charge in [-0.25, -0.2) is 9.78 Å². The molecule has 0 amide bonds. The van der Waals surface area contributed by atoms with Crippen LogP contribution in [0.2, 0.25) is 0 Å². The lowest BCUT2D eigenvalue weighted by Gasteiger charge is -2.21. The molecule has 1 aromatic carbocycles. The van der Waals surface area contributed by atoms with E-state index in [1.807, 2.05) is 0 Å². The minimum atomic E-state index is -0.938. The Bertz CT molecular complexity index is 596. The zero-order valence-corrected chi connectivity index (χ0v) is 11.1. The first kappa shape index (κ1) is 12.7. The third-order valence-corrected chi connectivity index (χ3v) is 3.74. The summed E-state index contributed by atoms with van der Waals surface area (Å²) >= 11 is 0. The smallest absolute Gasteiger partial charge is 0.337 e. The number of hydrogen-bond acceptors (Lipinski definition) is 3. The largest absolute Gasteiger partial charge is 0.478 e. The van der Waals surface area contributed by atoms with Gasteiger partial charge in [0.2, 0.25) is 0 Å². The first-order chi connectivity index (χ1) is 9.74. The molecule has 1 aliphatic heterocycles. The van der Waals surface area contributed by atoms with Crippen molar-refractivity contribution in [2.75, 3.05) is 18.0 Å². The van der Waals surface area contributed by atoms with Gasteiger partial charge in [0, 0.05) is 19.3 Å². The number of rotatable bonds is 2. The maximum atomic E-state index is 10.8. The second-order valence-corrected chi connectivity index (χ2v) is 4.97. The van der Waals surface area contributed by atoms with E-state index in [4.69, 9.17) is 5.11 Å². The van der Waals surface area contributed by atoms with E-state index in [2.05, 4.69) is 34.1 Å². The Balaban J connectivity index is 1.78. The number of benzene rings is 1. The van der Waals surface area contributed by atoms with E-state index in [-0.39, 0.29) is 5.56 Å². The van der Waals surface area contributed by atoms with Crippen LogP contribution in [0.15, 0.2) is 42.6 Å². The normalized spacial score (nSPS) is 14.5. The van der Waals surface area contributed by atoms with Crippen molar-refractivity contribution in [2.45, 2.75) is 12.8 Å². The minimum absolute atomic E-state index is 0.229. The highest BCUT2D eigenvalue weighted by Gasteiger charge is 2.15. The Morgan fingerprint density at radius 1 is 1.05 bits per heavy atom. The molecule has 0 bridgehead atoms. The number of carboxylic acid groups (broad SMARTS) is 1. The van der Waals surface area contributed by atoms with Crippen molar-refractivity contribution < 1.29 is 9.90 Å². The van der Waals surface area contributed by atoms with E-state index in [0.717, 1.165) is 31.7 Å². The van der Waals surface area contributed by atoms with Crippen LogP contribution < -0.4 is 4.90 Å². The summed E-state index contributed by atoms with van der Waals surface area (Å²) in [6, 6.07) is 11.9. The topological polar surface area (TPSA) is 53.4 Å². The molecule has 0 spiro atoms. The van der Waals surface area contributed by atoms with Crippen molar-refractivity contribution in [3.63, 3.8) is 0 Å². The fraction of sp³-hybridized carbons (Fsp3) is 0.250. The average Bonchev–Trinajstić information content (AvgIpc) is 2.70. The van der Waals surface area contributed by atoms with E-state index < -0.39 is 5.97 Å². The number of carboxylic acids is 1. The molecule has 2 heterocycles. The van der Waals surface area contributed by atoms with Gasteiger partial charge in [-0.2, -0.15) is 0 Å². The number of pyridine rings is 1. The van der Waals surface area contributed by atoms with Crippen LogP contribution in [0.1, 0.15) is 21.5 Å². The predicted molar refractivity (Wildman–Crippen MR) is 77.3 cm³/mol. The molecule has 0 saturated carbocycles. The minimum Gasteiger partial charge on any atom is -0.478 e. The van der Waals surface area contributed by atoms with E-state index in [1.54, 1.807) is 12.1 Å². The summed E-state index contributed by atoms with van der Waals surface area (Å²) in [5, 5.41) is 8.90. The summed E-state index contributed by atoms with van der Waals surface area (Å²) < 4.78 is 0. The molecule has 0 aliphatic carbocycles. The second-order valence-electron chi connectivity index (χ2n) is 4.97. The van der Waals surface area contributed by atoms with Crippen molar-refractivity contribution in [3.8, 4) is 0 Å². The summed E-state index contributed by atoms with van der Waals surface area (Å²) in [5.41, 5.74) is 3.03. The van der Waals surface area contributed by atoms with Crippen LogP contribution in [0.25, 0.3) is 0 Å². The Morgan fingerprint density at radius 2 is 1.70 bits per heavy atom. The molecule has 1 N–H and O–H groups in total. The summed E-state index contributed by atoms with van der Waals surface area (Å²) in [5.74, 6) is -0.0878. The van der Waals surface area contributed by atoms with E-state index >= 15 is 0 Å². The lowest BCUT2D eigenvalue weighted by atomic mass is 10.0. The van der Waals surface area contributed by atoms with Gasteiger partial charge in [-0.1, -0.05) is 24.3 Å². The molecule has 1 aliphatic rings. The van der Waals surface area contributed by atoms with Crippen molar-refractivity contribution in [1.29, 1.82) is 0 Å². The predicted octanol–water partition coefficient (Wildman–Crippen LogP) is 2.39. The van der Waals surface area contributed by atoms with Crippen molar-refractivity contribution >= 4 is 11.8 Å². The van der Waals surface area contributed by atoms with Crippen LogP contribution in [0, 0.1) is 0 Å². The van der Waals surface area contributed by atoms with Gasteiger partial charge in [-0.05, 0) is 36.1 Å². The summed E-state index contributed by atoms with van der Waals surface area (Å²) in [7, 11) is 0. The SMILES string of the molecule is O=C(O)c1ccc(N2CCc3ccccc3CC2)nc1. The van der Waals surface area contributed by atoms with E-state index in [0.29, 0.717) is 0 Å². The van der Waals surface area contributed by atoms with E-state index in [1.165, 1.54) is 17.3 Å². The maximum Gasteiger partial charge on any atom is 0.337 e. The number of aromatic nitrogens is 1. The molecule has 0 unspecified atom stereocenters. The van der Waals surface area contributed by atoms with E-state index in [9.17, 15) is 4.79 Å². The Labute approximate surface area is 117 Å². The molecule has 4 heteroatoms. The first-order valence-electron chi connectivity index (χ1n) is 6.75. The molecular formula is C16H16N2O2. The van der Waals surface area contributed by atoms with Gasteiger partial charge in [0.1, 0.15) is 5.82 Å². The fourth-order valence-corrected chi connectivity index (χ4v) is 2.60. The number of anilines is 1. The van der Waals surface area contributed by atoms with Gasteiger partial charge >= 0.3 is 5.97 Å². The summed E-state index contributed by atoms with van der Waals surface area (Å²) in [4.78, 5) is 17.3. The highest BCUT2D eigenvalue weighted by molar-refractivity contribution is 5.87. The number of aromatic carboxylic acids is 1. The highest BCUT2D eigenvalue weighted by Crippen LogP contribution is 2.19. The van der Waals surface area contributed by atoms with Crippen LogP contribution in [-0.4, -0.2) is 29.1 Å². The van der Waals surface area contributed by atoms with Gasteiger partial charge in [-0.3, -0.25) is 0 Å². The standard InChI is InChI=1S/C16H16N2O2/c19-16(20)14-5-6-15(17-11-14)18-9-7-12-3-1-2-4-13(12)8-10-18/h1-6,11H,7-10H2,(H,19,20). The number of nitrogens with zero attached hydrogens (tertiary/aromatic N) is 2. The number of carbonyl (C=O) groups is 1. The Kier molecular flexibility index (Phi) is 3.37. The number of hydrogen-bond donors (Lipinski definition) is 1. The van der Waals surface area contributed by atoms with Gasteiger partial charge in [0.15, 0.2) is 0 Å². The lowest BCUT2D eigenvalue weighted by molar-refractivity contribution is 0.0696. The molecule has 2 aromatic rings. The molecule has 4 nitrogen and oxygen atoms in total. The number of fused-ring (bicyclic) bond motifs is 1. The Hall–Kier alpha value is -2.36. The molecule has 102 valence electrons. The molecule has 1 aromatic heterocycles. The van der Waals surface area contributed by atoms with Crippen molar-refractivity contribution in [2.24, 2.45) is 0 Å². The van der Waals surface area contributed by atoms with Gasteiger partial charge < -0.3 is 10.0 Å². The average molecular weight is 268 g/mol. The lowest BCUT2D eigenvalue weighted by Crippen LogP contribution is -2.26. The van der Waals surface area contributed by atoms with Gasteiger partial charge in [-0.15, -0.1) is 0 Å². The molecule has 3 rings (SSSR count). The first-order valence-corrected chi connectivity index (χ1v) is 6.75. The Morgan fingerprint density at radius 3 is 2.20 bits per heavy atom. The fourth-order valence-electron chi connectivity index (χ4n) is 2.60. The molecule has 0 saturated heterocycles. The second kappa shape index (κ2) is 5.33. The molecule has 0 radical (unpaired) electrons. The highest BCUT2D eigenvalue weighted by atomic mass is 16.4. The summed E-state index contributed by atoms with van der Waals surface area (Å²) in [6.45, 7) is 1.83. The van der Waals surface area contributed by atoms with Crippen molar-refractivity contribution in [3.05, 3.63) is 59.3 Å². The summed E-state index contributed by atoms with van der Waals surface area (Å²) in [6.07, 6.45) is 3.42. The molecule has 20 heavy (non-hydrogen) atoms. The van der Waals surface area contributed by atoms with Crippen LogP contribution in [-0.2, 0) is 12.8 Å². The van der Waals surface area contributed by atoms with Crippen LogP contribution >= 0.6 is 0 Å². The van der Waals surface area contributed by atoms with Gasteiger partial charge in [0.05, 0.1) is 5.56 Å². The maximum absolute atomic E-state index is 10.8. The third kappa shape index (κ3) is 2.50. The van der Waals surface area contributed by atoms with Crippen molar-refractivity contribution in [1.82, 2.24) is 4.98 Å². The van der Waals surface area contributed by atoms with Crippen LogP contribution in [0.4, 0.5) is 5.82 Å².